The fraction of sp³-hybridized carbons (Fsp3) is 0.125. The first kappa shape index (κ1) is 17.0. The lowest BCUT2D eigenvalue weighted by atomic mass is 10.3. The van der Waals surface area contributed by atoms with Gasteiger partial charge in [0.05, 0.1) is 12.2 Å². The summed E-state index contributed by atoms with van der Waals surface area (Å²) in [6, 6.07) is 12.6. The van der Waals surface area contributed by atoms with Crippen molar-refractivity contribution < 1.29 is 18.7 Å². The van der Waals surface area contributed by atoms with E-state index in [1.807, 2.05) is 6.07 Å². The summed E-state index contributed by atoms with van der Waals surface area (Å²) in [5, 5.41) is 5.08. The average molecular weight is 381 g/mol. The molecule has 0 spiro atoms. The van der Waals surface area contributed by atoms with E-state index in [1.165, 1.54) is 24.3 Å². The first-order valence-electron chi connectivity index (χ1n) is 6.74. The van der Waals surface area contributed by atoms with E-state index in [-0.39, 0.29) is 24.8 Å². The maximum absolute atomic E-state index is 12.9. The molecule has 2 N–H and O–H groups in total. The number of ether oxygens (including phenoxy) is 1. The van der Waals surface area contributed by atoms with Crippen LogP contribution in [0.3, 0.4) is 0 Å². The van der Waals surface area contributed by atoms with Gasteiger partial charge in [-0.2, -0.15) is 0 Å². The van der Waals surface area contributed by atoms with Crippen LogP contribution in [0.5, 0.6) is 5.75 Å². The molecule has 0 aliphatic carbocycles. The quantitative estimate of drug-likeness (QED) is 0.809. The molecule has 0 aromatic heterocycles. The van der Waals surface area contributed by atoms with Crippen molar-refractivity contribution in [3.63, 3.8) is 0 Å². The molecule has 7 heteroatoms. The zero-order valence-electron chi connectivity index (χ0n) is 12.0. The van der Waals surface area contributed by atoms with E-state index >= 15 is 0 Å². The van der Waals surface area contributed by atoms with Gasteiger partial charge in [-0.1, -0.05) is 18.2 Å². The number of amides is 2. The second kappa shape index (κ2) is 8.28. The number of hydrogen-bond acceptors (Lipinski definition) is 3. The minimum atomic E-state index is -0.475. The van der Waals surface area contributed by atoms with Gasteiger partial charge in [0, 0.05) is 10.5 Å². The second-order valence-electron chi connectivity index (χ2n) is 4.55. The summed E-state index contributed by atoms with van der Waals surface area (Å²) < 4.78 is 18.8. The average Bonchev–Trinajstić information content (AvgIpc) is 2.53. The van der Waals surface area contributed by atoms with Crippen LogP contribution < -0.4 is 15.4 Å². The normalized spacial score (nSPS) is 10.0. The molecule has 0 unspecified atom stereocenters. The SMILES string of the molecule is O=C(COc1cccc(F)c1)NCC(=O)Nc1ccccc1Br. The summed E-state index contributed by atoms with van der Waals surface area (Å²) in [4.78, 5) is 23.4. The molecule has 0 saturated heterocycles. The van der Waals surface area contributed by atoms with Gasteiger partial charge in [0.2, 0.25) is 5.91 Å². The molecule has 2 aromatic carbocycles. The number of carbonyl (C=O) groups excluding carboxylic acids is 2. The first-order valence-corrected chi connectivity index (χ1v) is 7.53. The van der Waals surface area contributed by atoms with Crippen LogP contribution in [0.25, 0.3) is 0 Å². The Hall–Kier alpha value is -2.41. The number of halogens is 2. The Labute approximate surface area is 141 Å². The van der Waals surface area contributed by atoms with Crippen LogP contribution in [0.4, 0.5) is 10.1 Å². The molecule has 2 rings (SSSR count). The molecule has 2 amide bonds. The van der Waals surface area contributed by atoms with E-state index < -0.39 is 11.7 Å². The number of rotatable bonds is 6. The highest BCUT2D eigenvalue weighted by Gasteiger charge is 2.08. The lowest BCUT2D eigenvalue weighted by Crippen LogP contribution is -2.35. The lowest BCUT2D eigenvalue weighted by molar-refractivity contribution is -0.125. The van der Waals surface area contributed by atoms with Crippen molar-refractivity contribution >= 4 is 33.4 Å². The van der Waals surface area contributed by atoms with Crippen LogP contribution in [-0.4, -0.2) is 25.0 Å². The zero-order valence-corrected chi connectivity index (χ0v) is 13.6. The monoisotopic (exact) mass is 380 g/mol. The van der Waals surface area contributed by atoms with Crippen molar-refractivity contribution in [3.8, 4) is 5.75 Å². The highest BCUT2D eigenvalue weighted by Crippen LogP contribution is 2.20. The smallest absolute Gasteiger partial charge is 0.258 e. The van der Waals surface area contributed by atoms with Crippen LogP contribution in [0.1, 0.15) is 0 Å². The van der Waals surface area contributed by atoms with Crippen molar-refractivity contribution in [1.29, 1.82) is 0 Å². The second-order valence-corrected chi connectivity index (χ2v) is 5.41. The fourth-order valence-corrected chi connectivity index (χ4v) is 2.08. The standard InChI is InChI=1S/C16H14BrFN2O3/c17-13-6-1-2-7-14(13)20-15(21)9-19-16(22)10-23-12-5-3-4-11(18)8-12/h1-8H,9-10H2,(H,19,22)(H,20,21). The van der Waals surface area contributed by atoms with Gasteiger partial charge in [-0.15, -0.1) is 0 Å². The summed E-state index contributed by atoms with van der Waals surface area (Å²) in [5.41, 5.74) is 0.614. The predicted molar refractivity (Wildman–Crippen MR) is 87.7 cm³/mol. The molecule has 0 radical (unpaired) electrons. The van der Waals surface area contributed by atoms with Crippen molar-refractivity contribution in [1.82, 2.24) is 5.32 Å². The van der Waals surface area contributed by atoms with Gasteiger partial charge >= 0.3 is 0 Å². The Morgan fingerprint density at radius 2 is 1.87 bits per heavy atom. The minimum Gasteiger partial charge on any atom is -0.484 e. The van der Waals surface area contributed by atoms with Gasteiger partial charge in [0.15, 0.2) is 6.61 Å². The maximum atomic E-state index is 12.9. The van der Waals surface area contributed by atoms with E-state index in [9.17, 15) is 14.0 Å². The summed E-state index contributed by atoms with van der Waals surface area (Å²) in [5.74, 6) is -1.04. The Kier molecular flexibility index (Phi) is 6.10. The molecule has 2 aromatic rings. The van der Waals surface area contributed by atoms with Gasteiger partial charge in [-0.05, 0) is 40.2 Å². The highest BCUT2D eigenvalue weighted by atomic mass is 79.9. The zero-order chi connectivity index (χ0) is 16.7. The predicted octanol–water partition coefficient (Wildman–Crippen LogP) is 2.72. The maximum Gasteiger partial charge on any atom is 0.258 e. The number of carbonyl (C=O) groups is 2. The van der Waals surface area contributed by atoms with Crippen molar-refractivity contribution in [3.05, 3.63) is 58.8 Å². The molecule has 0 bridgehead atoms. The van der Waals surface area contributed by atoms with Crippen molar-refractivity contribution in [2.75, 3.05) is 18.5 Å². The Bertz CT molecular complexity index is 709. The van der Waals surface area contributed by atoms with E-state index in [2.05, 4.69) is 26.6 Å². The first-order chi connectivity index (χ1) is 11.0. The Balaban J connectivity index is 1.74. The van der Waals surface area contributed by atoms with E-state index in [1.54, 1.807) is 18.2 Å². The van der Waals surface area contributed by atoms with Crippen LogP contribution in [0, 0.1) is 5.82 Å². The van der Waals surface area contributed by atoms with E-state index in [0.717, 1.165) is 4.47 Å². The lowest BCUT2D eigenvalue weighted by Gasteiger charge is -2.09. The number of para-hydroxylation sites is 1. The third kappa shape index (κ3) is 5.71. The molecule has 0 fully saturated rings. The molecule has 0 aliphatic heterocycles. The largest absolute Gasteiger partial charge is 0.484 e. The molecular formula is C16H14BrFN2O3. The summed E-state index contributed by atoms with van der Waals surface area (Å²) >= 11 is 3.31. The van der Waals surface area contributed by atoms with Gasteiger partial charge in [0.1, 0.15) is 11.6 Å². The van der Waals surface area contributed by atoms with Crippen LogP contribution >= 0.6 is 15.9 Å². The molecule has 23 heavy (non-hydrogen) atoms. The van der Waals surface area contributed by atoms with Crippen molar-refractivity contribution in [2.24, 2.45) is 0 Å². The third-order valence-electron chi connectivity index (χ3n) is 2.76. The van der Waals surface area contributed by atoms with Crippen molar-refractivity contribution in [2.45, 2.75) is 0 Å². The summed E-state index contributed by atoms with van der Waals surface area (Å²) in [6.45, 7) is -0.488. The van der Waals surface area contributed by atoms with Gasteiger partial charge in [-0.3, -0.25) is 9.59 Å². The van der Waals surface area contributed by atoms with Gasteiger partial charge < -0.3 is 15.4 Å². The van der Waals surface area contributed by atoms with Gasteiger partial charge in [-0.25, -0.2) is 4.39 Å². The molecule has 0 saturated carbocycles. The molecule has 0 atom stereocenters. The number of hydrogen-bond donors (Lipinski definition) is 2. The Morgan fingerprint density at radius 3 is 2.61 bits per heavy atom. The van der Waals surface area contributed by atoms with Crippen LogP contribution in [-0.2, 0) is 9.59 Å². The highest BCUT2D eigenvalue weighted by molar-refractivity contribution is 9.10. The Morgan fingerprint density at radius 1 is 1.09 bits per heavy atom. The number of anilines is 1. The summed E-state index contributed by atoms with van der Waals surface area (Å²) in [6.07, 6.45) is 0. The number of nitrogens with one attached hydrogen (secondary N) is 2. The summed E-state index contributed by atoms with van der Waals surface area (Å²) in [7, 11) is 0. The molecule has 5 nitrogen and oxygen atoms in total. The van der Waals surface area contributed by atoms with Crippen LogP contribution in [0.2, 0.25) is 0 Å². The molecule has 120 valence electrons. The molecular weight excluding hydrogens is 367 g/mol. The molecule has 0 aliphatic rings. The number of benzene rings is 2. The third-order valence-corrected chi connectivity index (χ3v) is 3.45. The minimum absolute atomic E-state index is 0.188. The van der Waals surface area contributed by atoms with Crippen LogP contribution in [0.15, 0.2) is 53.0 Å². The van der Waals surface area contributed by atoms with E-state index in [0.29, 0.717) is 5.69 Å². The van der Waals surface area contributed by atoms with E-state index in [4.69, 9.17) is 4.74 Å². The van der Waals surface area contributed by atoms with Gasteiger partial charge in [0.25, 0.3) is 5.91 Å². The molecule has 0 heterocycles. The topological polar surface area (TPSA) is 67.4 Å². The fourth-order valence-electron chi connectivity index (χ4n) is 1.69.